The Morgan fingerprint density at radius 2 is 1.83 bits per heavy atom. The van der Waals surface area contributed by atoms with E-state index in [2.05, 4.69) is 20.9 Å². The van der Waals surface area contributed by atoms with Crippen molar-refractivity contribution in [3.05, 3.63) is 24.4 Å². The summed E-state index contributed by atoms with van der Waals surface area (Å²) in [6.07, 6.45) is 7.07. The summed E-state index contributed by atoms with van der Waals surface area (Å²) in [5, 5.41) is 9.35. The van der Waals surface area contributed by atoms with Crippen LogP contribution < -0.4 is 4.90 Å². The lowest BCUT2D eigenvalue weighted by Crippen LogP contribution is -2.50. The zero-order valence-corrected chi connectivity index (χ0v) is 17.8. The summed E-state index contributed by atoms with van der Waals surface area (Å²) in [5.74, 6) is 1.32. The number of carbonyl (C=O) groups excluding carboxylic acids is 1. The second-order valence-electron chi connectivity index (χ2n) is 9.12. The monoisotopic (exact) mass is 414 g/mol. The number of nitrogens with zero attached hydrogens (tertiary/aromatic N) is 4. The average molecular weight is 415 g/mol. The minimum absolute atomic E-state index is 0.183. The molecule has 1 aliphatic carbocycles. The summed E-state index contributed by atoms with van der Waals surface area (Å²) in [7, 11) is 0. The van der Waals surface area contributed by atoms with Crippen molar-refractivity contribution >= 4 is 17.7 Å². The molecule has 3 heterocycles. The molecule has 2 saturated heterocycles. The largest absolute Gasteiger partial charge is 0.481 e. The summed E-state index contributed by atoms with van der Waals surface area (Å²) in [4.78, 5) is 35.4. The predicted molar refractivity (Wildman–Crippen MR) is 115 cm³/mol. The molecule has 1 aromatic heterocycles. The molecule has 30 heavy (non-hydrogen) atoms. The highest BCUT2D eigenvalue weighted by molar-refractivity contribution is 5.79. The molecule has 1 amide bonds. The maximum absolute atomic E-state index is 12.7. The Labute approximate surface area is 179 Å². The van der Waals surface area contributed by atoms with Crippen LogP contribution in [0.4, 0.5) is 5.82 Å². The van der Waals surface area contributed by atoms with Crippen LogP contribution in [0.25, 0.3) is 0 Å². The first-order valence-corrected chi connectivity index (χ1v) is 11.5. The molecule has 0 radical (unpaired) electrons. The van der Waals surface area contributed by atoms with Crippen LogP contribution in [0.2, 0.25) is 0 Å². The number of aliphatic carboxylic acids is 1. The quantitative estimate of drug-likeness (QED) is 0.738. The summed E-state index contributed by atoms with van der Waals surface area (Å²) in [6.45, 7) is 6.37. The average Bonchev–Trinajstić information content (AvgIpc) is 2.72. The van der Waals surface area contributed by atoms with Gasteiger partial charge in [-0.25, -0.2) is 4.98 Å². The number of carboxylic acid groups (broad SMARTS) is 1. The molecule has 2 aliphatic heterocycles. The number of carbonyl (C=O) groups is 2. The molecule has 164 valence electrons. The number of hydrogen-bond donors (Lipinski definition) is 1. The molecule has 7 nitrogen and oxygen atoms in total. The number of rotatable bonds is 7. The van der Waals surface area contributed by atoms with Gasteiger partial charge in [0, 0.05) is 57.8 Å². The van der Waals surface area contributed by atoms with Gasteiger partial charge >= 0.3 is 5.97 Å². The molecule has 7 heteroatoms. The third-order valence-electron chi connectivity index (χ3n) is 7.26. The van der Waals surface area contributed by atoms with Crippen LogP contribution in [0.1, 0.15) is 38.5 Å². The van der Waals surface area contributed by atoms with Gasteiger partial charge in [-0.1, -0.05) is 12.5 Å². The SMILES string of the molecule is O=C(O)CC1CCN(C(=O)C2CCC2)CC1CCN1CCN(c2ccccn2)CC1. The Morgan fingerprint density at radius 1 is 1.03 bits per heavy atom. The number of amides is 1. The molecular formula is C23H34N4O3. The Balaban J connectivity index is 1.29. The van der Waals surface area contributed by atoms with Crippen molar-refractivity contribution in [2.75, 3.05) is 50.7 Å². The fraction of sp³-hybridized carbons (Fsp3) is 0.696. The highest BCUT2D eigenvalue weighted by atomic mass is 16.4. The van der Waals surface area contributed by atoms with E-state index >= 15 is 0 Å². The van der Waals surface area contributed by atoms with Crippen LogP contribution in [-0.2, 0) is 9.59 Å². The van der Waals surface area contributed by atoms with Crippen molar-refractivity contribution in [2.24, 2.45) is 17.8 Å². The lowest BCUT2D eigenvalue weighted by molar-refractivity contribution is -0.142. The molecule has 1 saturated carbocycles. The summed E-state index contributed by atoms with van der Waals surface area (Å²) in [5.41, 5.74) is 0. The highest BCUT2D eigenvalue weighted by Crippen LogP contribution is 2.34. The van der Waals surface area contributed by atoms with Crippen LogP contribution in [0.15, 0.2) is 24.4 Å². The van der Waals surface area contributed by atoms with Gasteiger partial charge in [-0.3, -0.25) is 14.5 Å². The maximum Gasteiger partial charge on any atom is 0.303 e. The summed E-state index contributed by atoms with van der Waals surface area (Å²) < 4.78 is 0. The predicted octanol–water partition coefficient (Wildman–Crippen LogP) is 2.33. The van der Waals surface area contributed by atoms with E-state index in [1.54, 1.807) is 0 Å². The van der Waals surface area contributed by atoms with Gasteiger partial charge in [0.1, 0.15) is 5.82 Å². The Bertz CT molecular complexity index is 716. The van der Waals surface area contributed by atoms with E-state index in [9.17, 15) is 14.7 Å². The number of anilines is 1. The number of hydrogen-bond acceptors (Lipinski definition) is 5. The first kappa shape index (κ1) is 21.1. The van der Waals surface area contributed by atoms with E-state index in [4.69, 9.17) is 0 Å². The van der Waals surface area contributed by atoms with E-state index in [0.717, 1.165) is 77.3 Å². The molecule has 2 unspecified atom stereocenters. The second kappa shape index (κ2) is 9.77. The molecule has 3 aliphatic rings. The molecule has 1 aromatic rings. The number of likely N-dealkylation sites (tertiary alicyclic amines) is 1. The molecule has 3 fully saturated rings. The van der Waals surface area contributed by atoms with Crippen molar-refractivity contribution < 1.29 is 14.7 Å². The molecule has 1 N–H and O–H groups in total. The number of piperidine rings is 1. The third kappa shape index (κ3) is 5.12. The summed E-state index contributed by atoms with van der Waals surface area (Å²) in [6, 6.07) is 6.02. The molecule has 0 bridgehead atoms. The molecule has 0 spiro atoms. The molecule has 0 aromatic carbocycles. The third-order valence-corrected chi connectivity index (χ3v) is 7.26. The first-order valence-electron chi connectivity index (χ1n) is 11.5. The zero-order chi connectivity index (χ0) is 20.9. The lowest BCUT2D eigenvalue weighted by Gasteiger charge is -2.42. The van der Waals surface area contributed by atoms with Gasteiger partial charge in [-0.2, -0.15) is 0 Å². The standard InChI is InChI=1S/C23H34N4O3/c28-22(29)16-19-8-11-27(23(30)18-4-3-5-18)17-20(19)7-10-25-12-14-26(15-13-25)21-6-1-2-9-24-21/h1-2,6,9,18-20H,3-5,7-8,10-17H2,(H,28,29). The minimum Gasteiger partial charge on any atom is -0.481 e. The molecule has 4 rings (SSSR count). The number of carboxylic acids is 1. The zero-order valence-electron chi connectivity index (χ0n) is 17.8. The molecular weight excluding hydrogens is 380 g/mol. The van der Waals surface area contributed by atoms with Crippen LogP contribution in [0, 0.1) is 17.8 Å². The Kier molecular flexibility index (Phi) is 6.87. The van der Waals surface area contributed by atoms with E-state index in [1.807, 2.05) is 23.2 Å². The van der Waals surface area contributed by atoms with Gasteiger partial charge in [0.05, 0.1) is 0 Å². The Morgan fingerprint density at radius 3 is 2.47 bits per heavy atom. The fourth-order valence-corrected chi connectivity index (χ4v) is 5.10. The topological polar surface area (TPSA) is 77.0 Å². The van der Waals surface area contributed by atoms with Gasteiger partial charge < -0.3 is 14.9 Å². The van der Waals surface area contributed by atoms with Gasteiger partial charge in [-0.15, -0.1) is 0 Å². The van der Waals surface area contributed by atoms with Crippen LogP contribution in [0.3, 0.4) is 0 Å². The van der Waals surface area contributed by atoms with Crippen LogP contribution in [-0.4, -0.2) is 77.6 Å². The van der Waals surface area contributed by atoms with Crippen molar-refractivity contribution in [1.29, 1.82) is 0 Å². The van der Waals surface area contributed by atoms with E-state index in [0.29, 0.717) is 5.91 Å². The van der Waals surface area contributed by atoms with Crippen molar-refractivity contribution in [3.8, 4) is 0 Å². The van der Waals surface area contributed by atoms with Gasteiger partial charge in [0.2, 0.25) is 5.91 Å². The minimum atomic E-state index is -0.715. The number of piperazine rings is 1. The van der Waals surface area contributed by atoms with Crippen LogP contribution in [0.5, 0.6) is 0 Å². The second-order valence-corrected chi connectivity index (χ2v) is 9.12. The van der Waals surface area contributed by atoms with Crippen molar-refractivity contribution in [1.82, 2.24) is 14.8 Å². The first-order chi connectivity index (χ1) is 14.6. The van der Waals surface area contributed by atoms with Crippen molar-refractivity contribution in [2.45, 2.75) is 38.5 Å². The summed E-state index contributed by atoms with van der Waals surface area (Å²) >= 11 is 0. The smallest absolute Gasteiger partial charge is 0.303 e. The maximum atomic E-state index is 12.7. The number of aromatic nitrogens is 1. The molecule has 2 atom stereocenters. The normalized spacial score (nSPS) is 25.7. The van der Waals surface area contributed by atoms with Crippen molar-refractivity contribution in [3.63, 3.8) is 0 Å². The lowest BCUT2D eigenvalue weighted by atomic mass is 9.79. The van der Waals surface area contributed by atoms with Crippen LogP contribution >= 0.6 is 0 Å². The Hall–Kier alpha value is -2.15. The highest BCUT2D eigenvalue weighted by Gasteiger charge is 2.36. The van der Waals surface area contributed by atoms with E-state index in [-0.39, 0.29) is 24.2 Å². The fourth-order valence-electron chi connectivity index (χ4n) is 5.10. The van der Waals surface area contributed by atoms with Gasteiger partial charge in [0.25, 0.3) is 0 Å². The van der Waals surface area contributed by atoms with E-state index in [1.165, 1.54) is 6.42 Å². The number of pyridine rings is 1. The van der Waals surface area contributed by atoms with E-state index < -0.39 is 5.97 Å². The van der Waals surface area contributed by atoms with Gasteiger partial charge in [0.15, 0.2) is 0 Å². The van der Waals surface area contributed by atoms with Gasteiger partial charge in [-0.05, 0) is 56.2 Å².